The van der Waals surface area contributed by atoms with Crippen molar-refractivity contribution in [2.24, 2.45) is 0 Å². The molecule has 0 fully saturated rings. The Balaban J connectivity index is 1.62. The number of hydrogen-bond acceptors (Lipinski definition) is 6. The molecule has 4 aromatic rings. The quantitative estimate of drug-likeness (QED) is 0.494. The highest BCUT2D eigenvalue weighted by Gasteiger charge is 2.13. The van der Waals surface area contributed by atoms with E-state index in [-0.39, 0.29) is 28.8 Å². The molecular weight excluding hydrogens is 384 g/mol. The standard InChI is InChI=1S/C24H18O6/c1-28-24(27)17-9-7-15(8-10-17)14-29-18-11-19(25)23-20(26)13-21(30-22(23)12-18)16-5-3-2-4-6-16/h2-13,25H,14H2,1H3. The van der Waals surface area contributed by atoms with Crippen LogP contribution in [0.5, 0.6) is 11.5 Å². The van der Waals surface area contributed by atoms with E-state index in [0.29, 0.717) is 17.1 Å². The second-order valence-electron chi connectivity index (χ2n) is 6.63. The van der Waals surface area contributed by atoms with E-state index in [1.807, 2.05) is 30.3 Å². The van der Waals surface area contributed by atoms with Crippen LogP contribution in [-0.2, 0) is 11.3 Å². The van der Waals surface area contributed by atoms with Gasteiger partial charge in [-0.3, -0.25) is 4.79 Å². The highest BCUT2D eigenvalue weighted by Crippen LogP contribution is 2.31. The lowest BCUT2D eigenvalue weighted by molar-refractivity contribution is 0.0600. The van der Waals surface area contributed by atoms with Crippen molar-refractivity contribution in [2.75, 3.05) is 7.11 Å². The van der Waals surface area contributed by atoms with Crippen LogP contribution in [0.3, 0.4) is 0 Å². The largest absolute Gasteiger partial charge is 0.507 e. The third kappa shape index (κ3) is 3.89. The maximum atomic E-state index is 12.5. The number of hydrogen-bond donors (Lipinski definition) is 1. The molecule has 3 aromatic carbocycles. The van der Waals surface area contributed by atoms with Crippen LogP contribution < -0.4 is 10.2 Å². The first kappa shape index (κ1) is 19.3. The number of benzene rings is 3. The first-order valence-corrected chi connectivity index (χ1v) is 9.21. The van der Waals surface area contributed by atoms with Gasteiger partial charge in [0, 0.05) is 23.8 Å². The molecule has 6 nitrogen and oxygen atoms in total. The van der Waals surface area contributed by atoms with Crippen LogP contribution in [0.4, 0.5) is 0 Å². The van der Waals surface area contributed by atoms with Gasteiger partial charge in [0.05, 0.1) is 12.7 Å². The zero-order chi connectivity index (χ0) is 21.1. The van der Waals surface area contributed by atoms with Gasteiger partial charge < -0.3 is 19.0 Å². The van der Waals surface area contributed by atoms with Crippen LogP contribution in [0.1, 0.15) is 15.9 Å². The normalized spacial score (nSPS) is 10.7. The first-order valence-electron chi connectivity index (χ1n) is 9.21. The van der Waals surface area contributed by atoms with E-state index >= 15 is 0 Å². The molecule has 0 amide bonds. The van der Waals surface area contributed by atoms with Crippen LogP contribution in [0.2, 0.25) is 0 Å². The fourth-order valence-corrected chi connectivity index (χ4v) is 3.09. The summed E-state index contributed by atoms with van der Waals surface area (Å²) in [6, 6.07) is 20.4. The summed E-state index contributed by atoms with van der Waals surface area (Å²) in [6.45, 7) is 0.203. The minimum atomic E-state index is -0.411. The summed E-state index contributed by atoms with van der Waals surface area (Å²) in [7, 11) is 1.33. The molecule has 4 rings (SSSR count). The highest BCUT2D eigenvalue weighted by atomic mass is 16.5. The Morgan fingerprint density at radius 2 is 1.73 bits per heavy atom. The van der Waals surface area contributed by atoms with Gasteiger partial charge in [-0.25, -0.2) is 4.79 Å². The van der Waals surface area contributed by atoms with Gasteiger partial charge in [-0.2, -0.15) is 0 Å². The number of ether oxygens (including phenoxy) is 2. The Bertz CT molecular complexity index is 1260. The van der Waals surface area contributed by atoms with Gasteiger partial charge in [-0.05, 0) is 17.7 Å². The van der Waals surface area contributed by atoms with E-state index in [0.717, 1.165) is 11.1 Å². The average molecular weight is 402 g/mol. The molecule has 0 unspecified atom stereocenters. The van der Waals surface area contributed by atoms with Gasteiger partial charge in [0.25, 0.3) is 0 Å². The Kier molecular flexibility index (Phi) is 5.22. The Morgan fingerprint density at radius 1 is 1.00 bits per heavy atom. The van der Waals surface area contributed by atoms with Crippen LogP contribution >= 0.6 is 0 Å². The van der Waals surface area contributed by atoms with Crippen molar-refractivity contribution < 1.29 is 23.8 Å². The molecule has 0 aliphatic carbocycles. The summed E-state index contributed by atoms with van der Waals surface area (Å²) < 4.78 is 16.3. The van der Waals surface area contributed by atoms with Crippen molar-refractivity contribution >= 4 is 16.9 Å². The number of esters is 1. The minimum Gasteiger partial charge on any atom is -0.507 e. The van der Waals surface area contributed by atoms with Crippen molar-refractivity contribution in [3.05, 3.63) is 94.1 Å². The van der Waals surface area contributed by atoms with Crippen LogP contribution in [0, 0.1) is 0 Å². The number of phenolic OH excluding ortho intramolecular Hbond substituents is 1. The van der Waals surface area contributed by atoms with Gasteiger partial charge in [0.15, 0.2) is 5.43 Å². The van der Waals surface area contributed by atoms with Gasteiger partial charge >= 0.3 is 5.97 Å². The third-order valence-corrected chi connectivity index (χ3v) is 4.62. The molecule has 30 heavy (non-hydrogen) atoms. The van der Waals surface area contributed by atoms with Gasteiger partial charge in [-0.1, -0.05) is 42.5 Å². The molecule has 0 saturated heterocycles. The summed E-state index contributed by atoms with van der Waals surface area (Å²) in [6.07, 6.45) is 0. The smallest absolute Gasteiger partial charge is 0.337 e. The fraction of sp³-hybridized carbons (Fsp3) is 0.0833. The average Bonchev–Trinajstić information content (AvgIpc) is 2.77. The van der Waals surface area contributed by atoms with Crippen LogP contribution in [-0.4, -0.2) is 18.2 Å². The molecule has 1 N–H and O–H groups in total. The number of carbonyl (C=O) groups excluding carboxylic acids is 1. The summed E-state index contributed by atoms with van der Waals surface area (Å²) in [5, 5.41) is 10.4. The second-order valence-corrected chi connectivity index (χ2v) is 6.63. The monoisotopic (exact) mass is 402 g/mol. The van der Waals surface area contributed by atoms with E-state index in [2.05, 4.69) is 4.74 Å². The Morgan fingerprint density at radius 3 is 2.43 bits per heavy atom. The van der Waals surface area contributed by atoms with Crippen molar-refractivity contribution in [2.45, 2.75) is 6.61 Å². The summed E-state index contributed by atoms with van der Waals surface area (Å²) in [5.41, 5.74) is 1.92. The molecule has 0 aliphatic heterocycles. The SMILES string of the molecule is COC(=O)c1ccc(COc2cc(O)c3c(=O)cc(-c4ccccc4)oc3c2)cc1. The molecule has 0 bridgehead atoms. The molecule has 1 aromatic heterocycles. The van der Waals surface area contributed by atoms with Gasteiger partial charge in [-0.15, -0.1) is 0 Å². The molecule has 0 spiro atoms. The maximum Gasteiger partial charge on any atom is 0.337 e. The molecule has 0 atom stereocenters. The van der Waals surface area contributed by atoms with E-state index in [1.165, 1.54) is 19.2 Å². The number of carbonyl (C=O) groups is 1. The van der Waals surface area contributed by atoms with Crippen molar-refractivity contribution in [3.8, 4) is 22.8 Å². The lowest BCUT2D eigenvalue weighted by atomic mass is 10.1. The van der Waals surface area contributed by atoms with Crippen LogP contribution in [0.15, 0.2) is 82.0 Å². The predicted octanol–water partition coefficient (Wildman–Crippen LogP) is 4.53. The minimum absolute atomic E-state index is 0.101. The topological polar surface area (TPSA) is 86.0 Å². The van der Waals surface area contributed by atoms with E-state index in [1.54, 1.807) is 30.3 Å². The van der Waals surface area contributed by atoms with E-state index in [4.69, 9.17) is 9.15 Å². The van der Waals surface area contributed by atoms with E-state index in [9.17, 15) is 14.7 Å². The lowest BCUT2D eigenvalue weighted by Crippen LogP contribution is -2.03. The second kappa shape index (κ2) is 8.13. The van der Waals surface area contributed by atoms with Gasteiger partial charge in [0.2, 0.25) is 0 Å². The van der Waals surface area contributed by atoms with E-state index < -0.39 is 5.97 Å². The Hall–Kier alpha value is -4.06. The first-order chi connectivity index (χ1) is 14.5. The summed E-state index contributed by atoms with van der Waals surface area (Å²) >= 11 is 0. The molecule has 0 radical (unpaired) electrons. The summed E-state index contributed by atoms with van der Waals surface area (Å²) in [5.74, 6) is 0.136. The molecule has 0 aliphatic rings. The molecule has 150 valence electrons. The number of aromatic hydroxyl groups is 1. The molecule has 1 heterocycles. The molecule has 6 heteroatoms. The highest BCUT2D eigenvalue weighted by molar-refractivity contribution is 5.89. The zero-order valence-electron chi connectivity index (χ0n) is 16.1. The zero-order valence-corrected chi connectivity index (χ0v) is 16.1. The van der Waals surface area contributed by atoms with Crippen molar-refractivity contribution in [1.82, 2.24) is 0 Å². The third-order valence-electron chi connectivity index (χ3n) is 4.62. The Labute approximate surface area is 171 Å². The number of fused-ring (bicyclic) bond motifs is 1. The number of methoxy groups -OCH3 is 1. The van der Waals surface area contributed by atoms with Gasteiger partial charge in [0.1, 0.15) is 34.8 Å². The maximum absolute atomic E-state index is 12.5. The molecular formula is C24H18O6. The van der Waals surface area contributed by atoms with Crippen LogP contribution in [0.25, 0.3) is 22.3 Å². The number of phenols is 1. The number of rotatable bonds is 5. The van der Waals surface area contributed by atoms with Crippen molar-refractivity contribution in [3.63, 3.8) is 0 Å². The fourth-order valence-electron chi connectivity index (χ4n) is 3.09. The van der Waals surface area contributed by atoms with Crippen molar-refractivity contribution in [1.29, 1.82) is 0 Å². The summed E-state index contributed by atoms with van der Waals surface area (Å²) in [4.78, 5) is 24.0. The predicted molar refractivity (Wildman–Crippen MR) is 112 cm³/mol. The molecule has 0 saturated carbocycles. The lowest BCUT2D eigenvalue weighted by Gasteiger charge is -2.10.